The van der Waals surface area contributed by atoms with Gasteiger partial charge in [0.05, 0.1) is 17.2 Å². The van der Waals surface area contributed by atoms with Crippen LogP contribution in [0.15, 0.2) is 72.8 Å². The molecule has 5 rings (SSSR count). The minimum Gasteiger partial charge on any atom is -0.349 e. The predicted molar refractivity (Wildman–Crippen MR) is 167 cm³/mol. The summed E-state index contributed by atoms with van der Waals surface area (Å²) in [7, 11) is 2.45. The highest BCUT2D eigenvalue weighted by Gasteiger charge is 2.43. The van der Waals surface area contributed by atoms with Crippen molar-refractivity contribution in [3.8, 4) is 0 Å². The second-order valence-corrected chi connectivity index (χ2v) is 12.6. The van der Waals surface area contributed by atoms with Gasteiger partial charge in [-0.25, -0.2) is 9.18 Å². The lowest BCUT2D eigenvalue weighted by Gasteiger charge is -2.33. The summed E-state index contributed by atoms with van der Waals surface area (Å²) in [5.41, 5.74) is -2.59. The molecular formula is C35H35F7N4O3. The van der Waals surface area contributed by atoms with Gasteiger partial charge in [-0.15, -0.1) is 0 Å². The summed E-state index contributed by atoms with van der Waals surface area (Å²) < 4.78 is 95.0. The molecule has 7 nitrogen and oxygen atoms in total. The molecule has 0 unspecified atom stereocenters. The maximum Gasteiger partial charge on any atom is 0.416 e. The van der Waals surface area contributed by atoms with Crippen LogP contribution in [0, 0.1) is 11.7 Å². The van der Waals surface area contributed by atoms with Gasteiger partial charge in [0.2, 0.25) is 5.91 Å². The summed E-state index contributed by atoms with van der Waals surface area (Å²) >= 11 is 0. The maximum atomic E-state index is 13.8. The molecule has 0 aromatic heterocycles. The number of halogens is 7. The Labute approximate surface area is 278 Å². The van der Waals surface area contributed by atoms with Crippen molar-refractivity contribution < 1.29 is 45.1 Å². The third-order valence-corrected chi connectivity index (χ3v) is 9.39. The Kier molecular flexibility index (Phi) is 10.3. The summed E-state index contributed by atoms with van der Waals surface area (Å²) in [5, 5.41) is 3.01. The Morgan fingerprint density at radius 1 is 0.776 bits per heavy atom. The number of nitrogens with zero attached hydrogens (tertiary/aromatic N) is 3. The highest BCUT2D eigenvalue weighted by Crippen LogP contribution is 2.39. The van der Waals surface area contributed by atoms with Gasteiger partial charge in [0, 0.05) is 56.3 Å². The van der Waals surface area contributed by atoms with Gasteiger partial charge in [-0.2, -0.15) is 26.3 Å². The number of hydrogen-bond donors (Lipinski definition) is 1. The summed E-state index contributed by atoms with van der Waals surface area (Å²) in [4.78, 5) is 43.6. The molecule has 1 saturated carbocycles. The highest BCUT2D eigenvalue weighted by molar-refractivity contribution is 5.94. The number of hydrogen-bond acceptors (Lipinski definition) is 3. The Morgan fingerprint density at radius 2 is 1.35 bits per heavy atom. The molecule has 4 amide bonds. The van der Waals surface area contributed by atoms with Crippen LogP contribution in [0.25, 0.3) is 0 Å². The van der Waals surface area contributed by atoms with Crippen LogP contribution in [-0.4, -0.2) is 66.9 Å². The van der Waals surface area contributed by atoms with Gasteiger partial charge >= 0.3 is 18.4 Å². The Hall–Kier alpha value is -4.62. The largest absolute Gasteiger partial charge is 0.416 e. The maximum absolute atomic E-state index is 13.8. The minimum atomic E-state index is -5.10. The van der Waals surface area contributed by atoms with Crippen LogP contribution in [0.2, 0.25) is 0 Å². The van der Waals surface area contributed by atoms with Crippen LogP contribution in [0.1, 0.15) is 58.6 Å². The van der Waals surface area contributed by atoms with Crippen molar-refractivity contribution in [1.82, 2.24) is 15.1 Å². The molecule has 1 aliphatic carbocycles. The molecule has 2 atom stereocenters. The molecule has 262 valence electrons. The van der Waals surface area contributed by atoms with E-state index in [0.29, 0.717) is 53.8 Å². The van der Waals surface area contributed by atoms with Gasteiger partial charge in [-0.05, 0) is 73.7 Å². The molecule has 1 saturated heterocycles. The van der Waals surface area contributed by atoms with Crippen molar-refractivity contribution >= 4 is 23.5 Å². The summed E-state index contributed by atoms with van der Waals surface area (Å²) in [6, 6.07) is 13.5. The lowest BCUT2D eigenvalue weighted by Crippen LogP contribution is -2.48. The lowest BCUT2D eigenvalue weighted by atomic mass is 9.85. The number of alkyl halides is 6. The smallest absolute Gasteiger partial charge is 0.349 e. The summed E-state index contributed by atoms with van der Waals surface area (Å²) in [6.45, 7) is 0.195. The second-order valence-electron chi connectivity index (χ2n) is 12.6. The number of urea groups is 1. The summed E-state index contributed by atoms with van der Waals surface area (Å²) in [5.74, 6) is -1.74. The monoisotopic (exact) mass is 692 g/mol. The molecule has 1 N–H and O–H groups in total. The molecule has 0 bridgehead atoms. The molecule has 1 heterocycles. The van der Waals surface area contributed by atoms with E-state index < -0.39 is 53.0 Å². The fourth-order valence-electron chi connectivity index (χ4n) is 6.62. The van der Waals surface area contributed by atoms with Crippen LogP contribution >= 0.6 is 0 Å². The van der Waals surface area contributed by atoms with Gasteiger partial charge < -0.3 is 15.1 Å². The summed E-state index contributed by atoms with van der Waals surface area (Å²) in [6.07, 6.45) is -8.02. The molecule has 2 fully saturated rings. The highest BCUT2D eigenvalue weighted by atomic mass is 19.4. The van der Waals surface area contributed by atoms with E-state index in [0.717, 1.165) is 7.05 Å². The van der Waals surface area contributed by atoms with Crippen LogP contribution < -0.4 is 10.2 Å². The average molecular weight is 693 g/mol. The molecular weight excluding hydrogens is 657 g/mol. The first-order valence-corrected chi connectivity index (χ1v) is 15.7. The van der Waals surface area contributed by atoms with Crippen LogP contribution in [0.4, 0.5) is 41.2 Å². The van der Waals surface area contributed by atoms with Gasteiger partial charge in [0.1, 0.15) is 5.82 Å². The molecule has 3 aromatic carbocycles. The molecule has 0 radical (unpaired) electrons. The third-order valence-electron chi connectivity index (χ3n) is 9.39. The number of amides is 4. The fraction of sp³-hybridized carbons (Fsp3) is 0.400. The van der Waals surface area contributed by atoms with Crippen LogP contribution in [-0.2, 0) is 17.1 Å². The zero-order valence-electron chi connectivity index (χ0n) is 26.7. The van der Waals surface area contributed by atoms with E-state index in [1.54, 1.807) is 29.2 Å². The van der Waals surface area contributed by atoms with Crippen molar-refractivity contribution in [3.63, 3.8) is 0 Å². The second kappa shape index (κ2) is 14.1. The van der Waals surface area contributed by atoms with Crippen molar-refractivity contribution in [1.29, 1.82) is 0 Å². The number of likely N-dealkylation sites (tertiary alicyclic amines) is 1. The fourth-order valence-corrected chi connectivity index (χ4v) is 6.62. The predicted octanol–water partition coefficient (Wildman–Crippen LogP) is 7.33. The number of benzene rings is 3. The molecule has 49 heavy (non-hydrogen) atoms. The molecule has 0 spiro atoms. The molecule has 2 aliphatic rings. The van der Waals surface area contributed by atoms with E-state index in [-0.39, 0.29) is 42.9 Å². The van der Waals surface area contributed by atoms with E-state index in [2.05, 4.69) is 5.32 Å². The normalized spacial score (nSPS) is 21.3. The average Bonchev–Trinajstić information content (AvgIpc) is 3.52. The number of carbonyl (C=O) groups excluding carboxylic acids is 3. The number of rotatable bonds is 6. The van der Waals surface area contributed by atoms with Crippen molar-refractivity contribution in [2.24, 2.45) is 5.92 Å². The topological polar surface area (TPSA) is 73.0 Å². The molecule has 14 heteroatoms. The lowest BCUT2D eigenvalue weighted by molar-refractivity contribution is -0.143. The van der Waals surface area contributed by atoms with Gasteiger partial charge in [0.25, 0.3) is 5.91 Å². The van der Waals surface area contributed by atoms with Crippen LogP contribution in [0.3, 0.4) is 0 Å². The first-order chi connectivity index (χ1) is 23.0. The first-order valence-electron chi connectivity index (χ1n) is 15.7. The Bertz CT molecular complexity index is 1620. The Morgan fingerprint density at radius 3 is 1.90 bits per heavy atom. The SMILES string of the molecule is CN(C(=O)N(C)[C@@H]1CN(C(=O)C2CCC(NC(=O)c3ccccc3)CC2)C[C@H]1c1ccc(F)cc1)c1cc(C(F)(F)F)cc(C(F)(F)F)c1. The van der Waals surface area contributed by atoms with E-state index in [1.165, 1.54) is 36.2 Å². The van der Waals surface area contributed by atoms with E-state index in [4.69, 9.17) is 0 Å². The quantitative estimate of drug-likeness (QED) is 0.275. The number of nitrogens with one attached hydrogen (secondary N) is 1. The Balaban J connectivity index is 1.32. The van der Waals surface area contributed by atoms with E-state index in [1.807, 2.05) is 6.07 Å². The van der Waals surface area contributed by atoms with Gasteiger partial charge in [-0.3, -0.25) is 14.5 Å². The minimum absolute atomic E-state index is 0.0127. The zero-order valence-corrected chi connectivity index (χ0v) is 26.7. The third kappa shape index (κ3) is 8.16. The van der Waals surface area contributed by atoms with E-state index in [9.17, 15) is 45.1 Å². The number of likely N-dealkylation sites (N-methyl/N-ethyl adjacent to an activating group) is 1. The van der Waals surface area contributed by atoms with Crippen molar-refractivity contribution in [3.05, 3.63) is 101 Å². The standard InChI is InChI=1S/C35H35F7N4O3/c1-44(28-17-24(34(37,38)39)16-25(18-28)35(40,41)42)33(49)45(2)30-20-46(19-29(30)21-8-12-26(36)13-9-21)32(48)23-10-14-27(15-11-23)43-31(47)22-6-4-3-5-7-22/h3-9,12-13,16-18,23,27,29-30H,10-11,14-15,19-20H2,1-2H3,(H,43,47)/t23?,27?,29-,30+/m0/s1. The zero-order chi connectivity index (χ0) is 35.7. The van der Waals surface area contributed by atoms with Crippen LogP contribution in [0.5, 0.6) is 0 Å². The number of anilines is 1. The molecule has 1 aliphatic heterocycles. The van der Waals surface area contributed by atoms with Gasteiger partial charge in [-0.1, -0.05) is 30.3 Å². The van der Waals surface area contributed by atoms with E-state index >= 15 is 0 Å². The number of carbonyl (C=O) groups is 3. The van der Waals surface area contributed by atoms with Gasteiger partial charge in [0.15, 0.2) is 0 Å². The van der Waals surface area contributed by atoms with Crippen molar-refractivity contribution in [2.75, 3.05) is 32.1 Å². The van der Waals surface area contributed by atoms with Crippen molar-refractivity contribution in [2.45, 2.75) is 56.0 Å². The first kappa shape index (κ1) is 35.7. The molecule has 3 aromatic rings.